The number of nitrogens with zero attached hydrogens (tertiary/aromatic N) is 3. The third-order valence-electron chi connectivity index (χ3n) is 7.04. The fourth-order valence-corrected chi connectivity index (χ4v) is 9.99. The summed E-state index contributed by atoms with van der Waals surface area (Å²) in [5, 5.41) is 9.49. The molecule has 4 aromatic carbocycles. The average Bonchev–Trinajstić information content (AvgIpc) is 3.33. The molecule has 0 saturated carbocycles. The molecule has 2 heterocycles. The molecule has 0 saturated heterocycles. The van der Waals surface area contributed by atoms with Gasteiger partial charge in [-0.2, -0.15) is 5.10 Å². The van der Waals surface area contributed by atoms with Crippen molar-refractivity contribution in [3.05, 3.63) is 151 Å². The number of hydrogen-bond acceptors (Lipinski definition) is 3. The zero-order valence-electron chi connectivity index (χ0n) is 22.0. The maximum Gasteiger partial charge on any atom is 0.201 e. The number of benzene rings is 4. The van der Waals surface area contributed by atoms with E-state index in [0.717, 1.165) is 33.9 Å². The molecule has 39 heavy (non-hydrogen) atoms. The molecule has 0 bridgehead atoms. The molecule has 0 N–H and O–H groups in total. The maximum atomic E-state index is 6.49. The van der Waals surface area contributed by atoms with E-state index < -0.39 is 8.07 Å². The summed E-state index contributed by atoms with van der Waals surface area (Å²) in [6, 6.07) is 46.5. The van der Waals surface area contributed by atoms with Gasteiger partial charge in [0.05, 0.1) is 11.4 Å². The lowest BCUT2D eigenvalue weighted by molar-refractivity contribution is 0.482. The summed E-state index contributed by atoms with van der Waals surface area (Å²) in [6.07, 6.45) is 1.90. The molecule has 0 radical (unpaired) electrons. The fraction of sp³-hybridized carbons (Fsp3) is 0.0588. The lowest BCUT2D eigenvalue weighted by Gasteiger charge is -2.33. The molecule has 6 rings (SSSR count). The molecule has 0 atom stereocenters. The van der Waals surface area contributed by atoms with Crippen LogP contribution in [0.2, 0.25) is 0 Å². The van der Waals surface area contributed by atoms with Crippen LogP contribution in [0.15, 0.2) is 140 Å². The molecule has 2 aromatic heterocycles. The van der Waals surface area contributed by atoms with E-state index in [-0.39, 0.29) is 0 Å². The minimum atomic E-state index is -2.72. The molecule has 6 aromatic rings. The van der Waals surface area contributed by atoms with Gasteiger partial charge in [-0.3, -0.25) is 4.98 Å². The maximum absolute atomic E-state index is 6.49. The first-order valence-electron chi connectivity index (χ1n) is 13.1. The highest BCUT2D eigenvalue weighted by atomic mass is 28.3. The van der Waals surface area contributed by atoms with Gasteiger partial charge in [0.2, 0.25) is 8.07 Å². The van der Waals surface area contributed by atoms with Crippen LogP contribution >= 0.6 is 0 Å². The lowest BCUT2D eigenvalue weighted by Crippen LogP contribution is -2.75. The van der Waals surface area contributed by atoms with Gasteiger partial charge in [0.1, 0.15) is 11.5 Å². The molecule has 5 heteroatoms. The third-order valence-corrected chi connectivity index (χ3v) is 11.7. The molecule has 0 amide bonds. The zero-order valence-corrected chi connectivity index (χ0v) is 23.0. The van der Waals surface area contributed by atoms with Crippen LogP contribution in [0.1, 0.15) is 11.4 Å². The molecule has 4 nitrogen and oxygen atoms in total. The van der Waals surface area contributed by atoms with Crippen molar-refractivity contribution >= 4 is 29.0 Å². The van der Waals surface area contributed by atoms with Gasteiger partial charge in [-0.15, -0.1) is 0 Å². The van der Waals surface area contributed by atoms with Crippen LogP contribution in [-0.2, 0) is 0 Å². The van der Waals surface area contributed by atoms with Crippen molar-refractivity contribution < 1.29 is 4.74 Å². The van der Waals surface area contributed by atoms with Crippen LogP contribution in [0, 0.1) is 13.8 Å². The number of aromatic nitrogens is 3. The van der Waals surface area contributed by atoms with Crippen LogP contribution in [0.25, 0.3) is 5.69 Å². The quantitative estimate of drug-likeness (QED) is 0.217. The van der Waals surface area contributed by atoms with Crippen molar-refractivity contribution in [1.82, 2.24) is 14.8 Å². The van der Waals surface area contributed by atoms with Gasteiger partial charge in [0.15, 0.2) is 0 Å². The van der Waals surface area contributed by atoms with Crippen LogP contribution < -0.4 is 25.6 Å². The van der Waals surface area contributed by atoms with Crippen molar-refractivity contribution in [3.8, 4) is 17.2 Å². The van der Waals surface area contributed by atoms with Crippen LogP contribution in [0.4, 0.5) is 0 Å². The summed E-state index contributed by atoms with van der Waals surface area (Å²) in [7, 11) is -2.72. The second kappa shape index (κ2) is 10.6. The number of hydrogen-bond donors (Lipinski definition) is 0. The van der Waals surface area contributed by atoms with Crippen molar-refractivity contribution in [2.24, 2.45) is 0 Å². The summed E-state index contributed by atoms with van der Waals surface area (Å²) in [6.45, 7) is 4.07. The molecular formula is C34H29N3OSi. The third kappa shape index (κ3) is 4.69. The van der Waals surface area contributed by atoms with Crippen molar-refractivity contribution in [1.29, 1.82) is 0 Å². The second-order valence-corrected chi connectivity index (χ2v) is 13.4. The standard InChI is InChI=1S/C34H29N3OSi/c1-26-23-27(2)37(36-26)28-13-11-14-29(24-28)38-30-15-12-20-33(25-30)39(31-16-5-3-6-17-31,32-18-7-4-8-19-32)34-21-9-10-22-35-34/h3-25H,1-2H3. The minimum absolute atomic E-state index is 0.765. The van der Waals surface area contributed by atoms with Gasteiger partial charge >= 0.3 is 0 Å². The SMILES string of the molecule is Cc1cc(C)n(-c2cccc(Oc3cccc([Si](c4ccccc4)(c4ccccc4)c4ccccn4)c3)c2)n1. The molecule has 0 aliphatic heterocycles. The fourth-order valence-electron chi connectivity index (χ4n) is 5.40. The molecule has 190 valence electrons. The monoisotopic (exact) mass is 523 g/mol. The largest absolute Gasteiger partial charge is 0.457 e. The molecule has 0 aliphatic rings. The second-order valence-electron chi connectivity index (χ2n) is 9.66. The number of ether oxygens (including phenoxy) is 1. The van der Waals surface area contributed by atoms with E-state index in [9.17, 15) is 0 Å². The Morgan fingerprint density at radius 1 is 0.590 bits per heavy atom. The first-order chi connectivity index (χ1) is 19.1. The Morgan fingerprint density at radius 3 is 1.82 bits per heavy atom. The Balaban J connectivity index is 1.49. The van der Waals surface area contributed by atoms with E-state index >= 15 is 0 Å². The van der Waals surface area contributed by atoms with E-state index in [2.05, 4.69) is 109 Å². The Morgan fingerprint density at radius 2 is 1.21 bits per heavy atom. The number of pyridine rings is 1. The van der Waals surface area contributed by atoms with Crippen LogP contribution in [0.5, 0.6) is 11.5 Å². The summed E-state index contributed by atoms with van der Waals surface area (Å²) >= 11 is 0. The van der Waals surface area contributed by atoms with Crippen molar-refractivity contribution in [2.45, 2.75) is 13.8 Å². The Bertz CT molecular complexity index is 1600. The highest BCUT2D eigenvalue weighted by molar-refractivity contribution is 7.19. The molecule has 0 fully saturated rings. The van der Waals surface area contributed by atoms with Gasteiger partial charge in [0, 0.05) is 23.3 Å². The van der Waals surface area contributed by atoms with E-state index in [1.54, 1.807) is 0 Å². The smallest absolute Gasteiger partial charge is 0.201 e. The average molecular weight is 524 g/mol. The lowest BCUT2D eigenvalue weighted by atomic mass is 10.3. The summed E-state index contributed by atoms with van der Waals surface area (Å²) in [5.74, 6) is 1.56. The van der Waals surface area contributed by atoms with Gasteiger partial charge in [0.25, 0.3) is 0 Å². The Kier molecular flexibility index (Phi) is 6.65. The highest BCUT2D eigenvalue weighted by Crippen LogP contribution is 2.24. The van der Waals surface area contributed by atoms with E-state index in [1.165, 1.54) is 15.6 Å². The van der Waals surface area contributed by atoms with E-state index in [1.807, 2.05) is 54.2 Å². The molecule has 0 aliphatic carbocycles. The summed E-state index contributed by atoms with van der Waals surface area (Å²) in [5.41, 5.74) is 3.05. The van der Waals surface area contributed by atoms with Crippen LogP contribution in [0.3, 0.4) is 0 Å². The van der Waals surface area contributed by atoms with Crippen LogP contribution in [-0.4, -0.2) is 22.8 Å². The highest BCUT2D eigenvalue weighted by Gasteiger charge is 2.43. The topological polar surface area (TPSA) is 39.9 Å². The molecular weight excluding hydrogens is 494 g/mol. The Hall–Kier alpha value is -4.74. The van der Waals surface area contributed by atoms with Gasteiger partial charge in [-0.25, -0.2) is 4.68 Å². The normalized spacial score (nSPS) is 11.3. The van der Waals surface area contributed by atoms with Gasteiger partial charge in [-0.05, 0) is 71.9 Å². The van der Waals surface area contributed by atoms with E-state index in [0.29, 0.717) is 0 Å². The van der Waals surface area contributed by atoms with Crippen molar-refractivity contribution in [2.75, 3.05) is 0 Å². The Labute approximate surface area is 230 Å². The summed E-state index contributed by atoms with van der Waals surface area (Å²) in [4.78, 5) is 4.96. The predicted octanol–water partition coefficient (Wildman–Crippen LogP) is 5.05. The first kappa shape index (κ1) is 24.6. The summed E-state index contributed by atoms with van der Waals surface area (Å²) < 4.78 is 8.44. The number of aryl methyl sites for hydroxylation is 2. The van der Waals surface area contributed by atoms with Gasteiger partial charge in [-0.1, -0.05) is 84.9 Å². The minimum Gasteiger partial charge on any atom is -0.457 e. The predicted molar refractivity (Wildman–Crippen MR) is 161 cm³/mol. The van der Waals surface area contributed by atoms with E-state index in [4.69, 9.17) is 9.72 Å². The van der Waals surface area contributed by atoms with Gasteiger partial charge < -0.3 is 4.74 Å². The first-order valence-corrected chi connectivity index (χ1v) is 15.1. The molecule has 0 spiro atoms. The van der Waals surface area contributed by atoms with Crippen molar-refractivity contribution in [3.63, 3.8) is 0 Å². The zero-order chi connectivity index (χ0) is 26.7. The number of rotatable bonds is 7. The molecule has 0 unspecified atom stereocenters.